The van der Waals surface area contributed by atoms with E-state index in [1.54, 1.807) is 0 Å². The van der Waals surface area contributed by atoms with Crippen LogP contribution in [0.3, 0.4) is 0 Å². The standard InChI is InChI=1S/C5H3F3N2O2S/c6-5(7,8)3(11)12-2-1-13-4(9)10-2/h1H,(H2,9,10). The van der Waals surface area contributed by atoms with Crippen molar-refractivity contribution in [3.63, 3.8) is 0 Å². The van der Waals surface area contributed by atoms with Crippen molar-refractivity contribution in [3.8, 4) is 5.88 Å². The van der Waals surface area contributed by atoms with E-state index in [1.807, 2.05) is 0 Å². The quantitative estimate of drug-likeness (QED) is 0.710. The maximum Gasteiger partial charge on any atom is 0.491 e. The zero-order valence-corrected chi connectivity index (χ0v) is 6.78. The lowest BCUT2D eigenvalue weighted by Crippen LogP contribution is -2.28. The third-order valence-electron chi connectivity index (χ3n) is 0.930. The fraction of sp³-hybridized carbons (Fsp3) is 0.200. The van der Waals surface area contributed by atoms with E-state index < -0.39 is 18.0 Å². The topological polar surface area (TPSA) is 65.2 Å². The number of thiazole rings is 1. The Kier molecular flexibility index (Phi) is 2.41. The summed E-state index contributed by atoms with van der Waals surface area (Å²) in [6, 6.07) is 0. The number of nitrogen functional groups attached to an aromatic ring is 1. The second kappa shape index (κ2) is 3.21. The molecule has 1 aromatic rings. The van der Waals surface area contributed by atoms with Gasteiger partial charge in [-0.15, -0.1) is 11.3 Å². The largest absolute Gasteiger partial charge is 0.491 e. The molecule has 0 amide bonds. The van der Waals surface area contributed by atoms with Crippen LogP contribution in [0.1, 0.15) is 0 Å². The predicted molar refractivity (Wildman–Crippen MR) is 38.2 cm³/mol. The molecule has 0 bridgehead atoms. The van der Waals surface area contributed by atoms with Gasteiger partial charge in [0.25, 0.3) is 0 Å². The zero-order chi connectivity index (χ0) is 10.1. The second-order valence-corrected chi connectivity index (χ2v) is 2.80. The van der Waals surface area contributed by atoms with Crippen LogP contribution >= 0.6 is 11.3 Å². The Morgan fingerprint density at radius 3 is 2.62 bits per heavy atom. The van der Waals surface area contributed by atoms with Gasteiger partial charge in [-0.2, -0.15) is 18.2 Å². The predicted octanol–water partition coefficient (Wildman–Crippen LogP) is 1.19. The number of nitrogens with two attached hydrogens (primary N) is 1. The number of rotatable bonds is 1. The van der Waals surface area contributed by atoms with Crippen molar-refractivity contribution in [1.29, 1.82) is 0 Å². The molecule has 1 heterocycles. The van der Waals surface area contributed by atoms with E-state index in [0.717, 1.165) is 16.7 Å². The van der Waals surface area contributed by atoms with Gasteiger partial charge in [0.2, 0.25) is 5.88 Å². The molecule has 0 saturated carbocycles. The molecule has 0 radical (unpaired) electrons. The summed E-state index contributed by atoms with van der Waals surface area (Å²) < 4.78 is 38.7. The van der Waals surface area contributed by atoms with Gasteiger partial charge in [0.15, 0.2) is 5.13 Å². The minimum atomic E-state index is -5.02. The Balaban J connectivity index is 2.65. The number of hydrogen-bond donors (Lipinski definition) is 1. The Morgan fingerprint density at radius 1 is 1.62 bits per heavy atom. The number of nitrogens with zero attached hydrogens (tertiary/aromatic N) is 1. The number of carbonyl (C=O) groups excluding carboxylic acids is 1. The summed E-state index contributed by atoms with van der Waals surface area (Å²) in [7, 11) is 0. The summed E-state index contributed by atoms with van der Waals surface area (Å²) in [6.45, 7) is 0. The normalized spacial score (nSPS) is 11.3. The lowest BCUT2D eigenvalue weighted by Gasteiger charge is -2.02. The van der Waals surface area contributed by atoms with Crippen LogP contribution < -0.4 is 10.5 Å². The fourth-order valence-electron chi connectivity index (χ4n) is 0.472. The van der Waals surface area contributed by atoms with Crippen LogP contribution in [0.5, 0.6) is 5.88 Å². The molecule has 0 spiro atoms. The number of hydrogen-bond acceptors (Lipinski definition) is 5. The number of halogens is 3. The average Bonchev–Trinajstić information content (AvgIpc) is 2.33. The molecule has 13 heavy (non-hydrogen) atoms. The lowest BCUT2D eigenvalue weighted by atomic mass is 10.7. The van der Waals surface area contributed by atoms with E-state index in [-0.39, 0.29) is 5.13 Å². The van der Waals surface area contributed by atoms with Crippen molar-refractivity contribution in [2.75, 3.05) is 5.73 Å². The van der Waals surface area contributed by atoms with Crippen molar-refractivity contribution in [1.82, 2.24) is 4.98 Å². The highest BCUT2D eigenvalue weighted by atomic mass is 32.1. The molecule has 0 aliphatic heterocycles. The van der Waals surface area contributed by atoms with Gasteiger partial charge in [-0.05, 0) is 0 Å². The molecule has 2 N–H and O–H groups in total. The fourth-order valence-corrected chi connectivity index (χ4v) is 0.937. The first-order valence-electron chi connectivity index (χ1n) is 2.89. The van der Waals surface area contributed by atoms with E-state index in [4.69, 9.17) is 5.73 Å². The van der Waals surface area contributed by atoms with Gasteiger partial charge in [-0.1, -0.05) is 0 Å². The Bertz CT molecular complexity index is 322. The van der Waals surface area contributed by atoms with E-state index >= 15 is 0 Å². The number of esters is 1. The summed E-state index contributed by atoms with van der Waals surface area (Å²) >= 11 is 0.879. The first kappa shape index (κ1) is 9.78. The molecule has 0 fully saturated rings. The molecule has 0 aromatic carbocycles. The smallest absolute Gasteiger partial charge is 0.400 e. The summed E-state index contributed by atoms with van der Waals surface area (Å²) in [5, 5.41) is 1.14. The Morgan fingerprint density at radius 2 is 2.23 bits per heavy atom. The van der Waals surface area contributed by atoms with Crippen molar-refractivity contribution >= 4 is 22.4 Å². The van der Waals surface area contributed by atoms with Gasteiger partial charge in [-0.3, -0.25) is 0 Å². The second-order valence-electron chi connectivity index (χ2n) is 1.91. The van der Waals surface area contributed by atoms with E-state index in [9.17, 15) is 18.0 Å². The first-order chi connectivity index (χ1) is 5.89. The summed E-state index contributed by atoms with van der Waals surface area (Å²) in [4.78, 5) is 13.5. The molecule has 0 atom stereocenters. The van der Waals surface area contributed by atoms with Gasteiger partial charge in [0.05, 0.1) is 5.38 Å². The van der Waals surface area contributed by atoms with Crippen LogP contribution in [-0.2, 0) is 4.79 Å². The van der Waals surface area contributed by atoms with Crippen molar-refractivity contribution < 1.29 is 22.7 Å². The lowest BCUT2D eigenvalue weighted by molar-refractivity contribution is -0.189. The molecule has 72 valence electrons. The van der Waals surface area contributed by atoms with E-state index in [0.29, 0.717) is 0 Å². The minimum absolute atomic E-state index is 0.0324. The van der Waals surface area contributed by atoms with Crippen LogP contribution in [0, 0.1) is 0 Å². The first-order valence-corrected chi connectivity index (χ1v) is 3.77. The molecule has 4 nitrogen and oxygen atoms in total. The molecule has 0 saturated heterocycles. The molecular weight excluding hydrogens is 209 g/mol. The molecule has 8 heteroatoms. The van der Waals surface area contributed by atoms with Gasteiger partial charge >= 0.3 is 12.1 Å². The van der Waals surface area contributed by atoms with E-state index in [2.05, 4.69) is 9.72 Å². The highest BCUT2D eigenvalue weighted by Crippen LogP contribution is 2.22. The van der Waals surface area contributed by atoms with Gasteiger partial charge in [0.1, 0.15) is 0 Å². The SMILES string of the molecule is Nc1nc(OC(=O)C(F)(F)F)cs1. The van der Waals surface area contributed by atoms with Gasteiger partial charge < -0.3 is 10.5 Å². The van der Waals surface area contributed by atoms with Crippen molar-refractivity contribution in [2.45, 2.75) is 6.18 Å². The molecule has 1 rings (SSSR count). The average molecular weight is 212 g/mol. The zero-order valence-electron chi connectivity index (χ0n) is 5.96. The number of aromatic nitrogens is 1. The van der Waals surface area contributed by atoms with Crippen LogP contribution in [-0.4, -0.2) is 17.1 Å². The number of anilines is 1. The highest BCUT2D eigenvalue weighted by molar-refractivity contribution is 7.13. The Labute approximate surface area is 74.1 Å². The van der Waals surface area contributed by atoms with Crippen molar-refractivity contribution in [2.24, 2.45) is 0 Å². The highest BCUT2D eigenvalue weighted by Gasteiger charge is 2.41. The van der Waals surface area contributed by atoms with Gasteiger partial charge in [0, 0.05) is 0 Å². The maximum absolute atomic E-state index is 11.6. The number of alkyl halides is 3. The van der Waals surface area contributed by atoms with E-state index in [1.165, 1.54) is 0 Å². The van der Waals surface area contributed by atoms with Crippen LogP contribution in [0.4, 0.5) is 18.3 Å². The van der Waals surface area contributed by atoms with Crippen LogP contribution in [0.2, 0.25) is 0 Å². The number of carbonyl (C=O) groups is 1. The van der Waals surface area contributed by atoms with Crippen LogP contribution in [0.25, 0.3) is 0 Å². The number of ether oxygens (including phenoxy) is 1. The Hall–Kier alpha value is -1.31. The minimum Gasteiger partial charge on any atom is -0.400 e. The molecule has 1 aromatic heterocycles. The van der Waals surface area contributed by atoms with Gasteiger partial charge in [-0.25, -0.2) is 4.79 Å². The molecule has 0 aliphatic carbocycles. The molecular formula is C5H3F3N2O2S. The summed E-state index contributed by atoms with van der Waals surface area (Å²) in [5.74, 6) is -2.75. The third-order valence-corrected chi connectivity index (χ3v) is 1.58. The third kappa shape index (κ3) is 2.58. The van der Waals surface area contributed by atoms with Crippen molar-refractivity contribution in [3.05, 3.63) is 5.38 Å². The molecule has 0 unspecified atom stereocenters. The monoisotopic (exact) mass is 212 g/mol. The maximum atomic E-state index is 11.6. The molecule has 0 aliphatic rings. The van der Waals surface area contributed by atoms with Crippen LogP contribution in [0.15, 0.2) is 5.38 Å². The summed E-state index contributed by atoms with van der Waals surface area (Å²) in [5.41, 5.74) is 5.10. The summed E-state index contributed by atoms with van der Waals surface area (Å²) in [6.07, 6.45) is -5.02.